The van der Waals surface area contributed by atoms with E-state index in [-0.39, 0.29) is 16.8 Å². The Bertz CT molecular complexity index is 868. The molecule has 1 N–H and O–H groups in total. The number of aryl methyl sites for hydroxylation is 2. The molecule has 0 saturated heterocycles. The van der Waals surface area contributed by atoms with E-state index >= 15 is 0 Å². The van der Waals surface area contributed by atoms with Gasteiger partial charge in [0.2, 0.25) is 5.91 Å². The number of benzene rings is 1. The van der Waals surface area contributed by atoms with Crippen molar-refractivity contribution in [2.24, 2.45) is 7.05 Å². The van der Waals surface area contributed by atoms with E-state index in [0.29, 0.717) is 12.8 Å². The maximum atomic E-state index is 12.2. The first-order chi connectivity index (χ1) is 11.6. The first kappa shape index (κ1) is 19.2. The third kappa shape index (κ3) is 4.69. The summed E-state index contributed by atoms with van der Waals surface area (Å²) in [5, 5.41) is 7.32. The fourth-order valence-corrected chi connectivity index (χ4v) is 3.45. The molecule has 0 aliphatic carbocycles. The number of nitrogens with one attached hydrogen (secondary N) is 1. The topological polar surface area (TPSA) is 81.1 Å². The summed E-state index contributed by atoms with van der Waals surface area (Å²) in [7, 11) is -1.31. The Labute approximate surface area is 149 Å². The van der Waals surface area contributed by atoms with Crippen LogP contribution in [0.25, 0.3) is 0 Å². The molecule has 0 bridgehead atoms. The van der Waals surface area contributed by atoms with Crippen LogP contribution in [0.2, 0.25) is 0 Å². The molecule has 0 radical (unpaired) electrons. The van der Waals surface area contributed by atoms with Gasteiger partial charge in [-0.3, -0.25) is 9.48 Å². The number of amides is 1. The number of hydrogen-bond donors (Lipinski definition) is 1. The molecule has 1 aromatic carbocycles. The van der Waals surface area contributed by atoms with Crippen molar-refractivity contribution in [3.63, 3.8) is 0 Å². The van der Waals surface area contributed by atoms with Crippen molar-refractivity contribution in [2.75, 3.05) is 6.26 Å². The van der Waals surface area contributed by atoms with Crippen molar-refractivity contribution >= 4 is 15.7 Å². The van der Waals surface area contributed by atoms with Gasteiger partial charge in [0, 0.05) is 25.4 Å². The molecule has 2 rings (SSSR count). The minimum atomic E-state index is -3.21. The predicted octanol–water partition coefficient (Wildman–Crippen LogP) is 2.25. The lowest BCUT2D eigenvalue weighted by atomic mass is 10.1. The number of rotatable bonds is 6. The molecule has 25 heavy (non-hydrogen) atoms. The minimum absolute atomic E-state index is 0.0395. The lowest BCUT2D eigenvalue weighted by molar-refractivity contribution is -0.121. The second-order valence-corrected chi connectivity index (χ2v) is 8.42. The molecular weight excluding hydrogens is 338 g/mol. The molecule has 1 amide bonds. The molecule has 0 unspecified atom stereocenters. The highest BCUT2D eigenvalue weighted by Crippen LogP contribution is 2.17. The molecule has 0 fully saturated rings. The van der Waals surface area contributed by atoms with Gasteiger partial charge in [0.05, 0.1) is 16.6 Å². The Hall–Kier alpha value is -2.15. The summed E-state index contributed by atoms with van der Waals surface area (Å²) in [4.78, 5) is 12.5. The van der Waals surface area contributed by atoms with Gasteiger partial charge in [0.25, 0.3) is 0 Å². The molecule has 0 spiro atoms. The monoisotopic (exact) mass is 363 g/mol. The van der Waals surface area contributed by atoms with Crippen LogP contribution in [0.3, 0.4) is 0 Å². The van der Waals surface area contributed by atoms with Crippen molar-refractivity contribution in [1.82, 2.24) is 15.1 Å². The Morgan fingerprint density at radius 3 is 2.32 bits per heavy atom. The highest BCUT2D eigenvalue weighted by molar-refractivity contribution is 7.90. The van der Waals surface area contributed by atoms with Crippen LogP contribution in [0.1, 0.15) is 41.9 Å². The third-order valence-corrected chi connectivity index (χ3v) is 5.58. The maximum absolute atomic E-state index is 12.2. The van der Waals surface area contributed by atoms with Crippen LogP contribution in [0, 0.1) is 13.8 Å². The SMILES string of the molecule is Cc1nn(C)c(C)c1CCC(=O)N[C@H](C)c1ccc(S(C)(=O)=O)cc1. The molecule has 6 nitrogen and oxygen atoms in total. The number of sulfone groups is 1. The van der Waals surface area contributed by atoms with E-state index in [2.05, 4.69) is 10.4 Å². The lowest BCUT2D eigenvalue weighted by Gasteiger charge is -2.15. The van der Waals surface area contributed by atoms with E-state index in [4.69, 9.17) is 0 Å². The van der Waals surface area contributed by atoms with E-state index in [1.54, 1.807) is 24.3 Å². The highest BCUT2D eigenvalue weighted by atomic mass is 32.2. The molecular formula is C18H25N3O3S. The van der Waals surface area contributed by atoms with Crippen LogP contribution < -0.4 is 5.32 Å². The Morgan fingerprint density at radius 1 is 1.24 bits per heavy atom. The van der Waals surface area contributed by atoms with Crippen molar-refractivity contribution in [1.29, 1.82) is 0 Å². The zero-order valence-corrected chi connectivity index (χ0v) is 16.1. The standard InChI is InChI=1S/C18H25N3O3S/c1-12(15-6-8-16(9-7-15)25(5,23)24)19-18(22)11-10-17-13(2)20-21(4)14(17)3/h6-9,12H,10-11H2,1-5H3,(H,19,22)/t12-/m1/s1. The number of nitrogens with zero attached hydrogens (tertiary/aromatic N) is 2. The Balaban J connectivity index is 1.96. The average molecular weight is 363 g/mol. The van der Waals surface area contributed by atoms with Gasteiger partial charge in [-0.2, -0.15) is 5.10 Å². The molecule has 136 valence electrons. The number of aromatic nitrogens is 2. The molecule has 1 aromatic heterocycles. The zero-order valence-electron chi connectivity index (χ0n) is 15.3. The van der Waals surface area contributed by atoms with Crippen molar-refractivity contribution in [2.45, 2.75) is 44.6 Å². The summed E-state index contributed by atoms with van der Waals surface area (Å²) in [6.45, 7) is 5.83. The van der Waals surface area contributed by atoms with E-state index in [1.807, 2.05) is 32.5 Å². The lowest BCUT2D eigenvalue weighted by Crippen LogP contribution is -2.26. The van der Waals surface area contributed by atoms with Crippen LogP contribution in [0.5, 0.6) is 0 Å². The van der Waals surface area contributed by atoms with Gasteiger partial charge in [-0.25, -0.2) is 8.42 Å². The van der Waals surface area contributed by atoms with Crippen LogP contribution in [0.15, 0.2) is 29.2 Å². The Morgan fingerprint density at radius 2 is 1.84 bits per heavy atom. The second-order valence-electron chi connectivity index (χ2n) is 6.40. The summed E-state index contributed by atoms with van der Waals surface area (Å²) >= 11 is 0. The smallest absolute Gasteiger partial charge is 0.220 e. The quantitative estimate of drug-likeness (QED) is 0.853. The molecule has 2 aromatic rings. The minimum Gasteiger partial charge on any atom is -0.350 e. The summed E-state index contributed by atoms with van der Waals surface area (Å²) < 4.78 is 24.8. The van der Waals surface area contributed by atoms with E-state index in [9.17, 15) is 13.2 Å². The van der Waals surface area contributed by atoms with Crippen LogP contribution in [0.4, 0.5) is 0 Å². The molecule has 1 heterocycles. The van der Waals surface area contributed by atoms with Gasteiger partial charge in [-0.1, -0.05) is 12.1 Å². The van der Waals surface area contributed by atoms with E-state index in [1.165, 1.54) is 6.26 Å². The summed E-state index contributed by atoms with van der Waals surface area (Å²) in [5.41, 5.74) is 4.02. The fraction of sp³-hybridized carbons (Fsp3) is 0.444. The van der Waals surface area contributed by atoms with Gasteiger partial charge >= 0.3 is 0 Å². The van der Waals surface area contributed by atoms with E-state index in [0.717, 1.165) is 22.5 Å². The normalized spacial score (nSPS) is 12.8. The first-order valence-corrected chi connectivity index (χ1v) is 10.1. The van der Waals surface area contributed by atoms with Gasteiger partial charge < -0.3 is 5.32 Å². The molecule has 0 aliphatic heterocycles. The number of hydrogen-bond acceptors (Lipinski definition) is 4. The molecule has 1 atom stereocenters. The van der Waals surface area contributed by atoms with Crippen LogP contribution >= 0.6 is 0 Å². The first-order valence-electron chi connectivity index (χ1n) is 8.18. The molecule has 7 heteroatoms. The zero-order chi connectivity index (χ0) is 18.8. The highest BCUT2D eigenvalue weighted by Gasteiger charge is 2.14. The van der Waals surface area contributed by atoms with Crippen molar-refractivity contribution < 1.29 is 13.2 Å². The summed E-state index contributed by atoms with van der Waals surface area (Å²) in [6.07, 6.45) is 2.21. The van der Waals surface area contributed by atoms with E-state index < -0.39 is 9.84 Å². The maximum Gasteiger partial charge on any atom is 0.220 e. The predicted molar refractivity (Wildman–Crippen MR) is 97.1 cm³/mol. The molecule has 0 saturated carbocycles. The number of carbonyl (C=O) groups excluding carboxylic acids is 1. The summed E-state index contributed by atoms with van der Waals surface area (Å²) in [5.74, 6) is -0.0395. The number of carbonyl (C=O) groups is 1. The van der Waals surface area contributed by atoms with Gasteiger partial charge in [0.15, 0.2) is 9.84 Å². The largest absolute Gasteiger partial charge is 0.350 e. The average Bonchev–Trinajstić information content (AvgIpc) is 2.77. The van der Waals surface area contributed by atoms with Gasteiger partial charge in [0.1, 0.15) is 0 Å². The van der Waals surface area contributed by atoms with Crippen LogP contribution in [-0.4, -0.2) is 30.4 Å². The fourth-order valence-electron chi connectivity index (χ4n) is 2.82. The van der Waals surface area contributed by atoms with Crippen LogP contribution in [-0.2, 0) is 28.1 Å². The second kappa shape index (κ2) is 7.39. The van der Waals surface area contributed by atoms with Crippen molar-refractivity contribution in [3.05, 3.63) is 46.8 Å². The van der Waals surface area contributed by atoms with Gasteiger partial charge in [-0.15, -0.1) is 0 Å². The molecule has 0 aliphatic rings. The van der Waals surface area contributed by atoms with Gasteiger partial charge in [-0.05, 0) is 50.5 Å². The summed E-state index contributed by atoms with van der Waals surface area (Å²) in [6, 6.07) is 6.41. The van der Waals surface area contributed by atoms with Crippen molar-refractivity contribution in [3.8, 4) is 0 Å². The Kier molecular flexibility index (Phi) is 5.67. The third-order valence-electron chi connectivity index (χ3n) is 4.45.